The maximum atomic E-state index is 9.52. The summed E-state index contributed by atoms with van der Waals surface area (Å²) in [7, 11) is 0. The molecule has 1 aromatic carbocycles. The molecular weight excluding hydrogens is 416 g/mol. The standard InChI is InChI=1S/C17H21BrN6OS/c18-15(19)14-16(20)21-9-22-17(14)23-12-6-11(26)3-4-13(12)24-5-1-2-10(7-24)8-25/h3-4,6,9-10,19,25-26H,1-2,5,7-8H2,(H3,20,21,22,23). The van der Waals surface area contributed by atoms with Crippen LogP contribution in [0, 0.1) is 11.3 Å². The van der Waals surface area contributed by atoms with Gasteiger partial charge in [0, 0.05) is 24.6 Å². The number of aliphatic hydroxyl groups is 1. The first-order chi connectivity index (χ1) is 12.5. The number of anilines is 4. The summed E-state index contributed by atoms with van der Waals surface area (Å²) < 4.78 is 0.111. The SMILES string of the molecule is N=C(Br)c1c(N)ncnc1Nc1cc(S)ccc1N1CCCC(CO)C1. The Kier molecular flexibility index (Phi) is 6.00. The molecule has 1 saturated heterocycles. The Morgan fingerprint density at radius 2 is 2.27 bits per heavy atom. The highest BCUT2D eigenvalue weighted by Crippen LogP contribution is 2.34. The third-order valence-corrected chi connectivity index (χ3v) is 5.12. The zero-order chi connectivity index (χ0) is 18.7. The Morgan fingerprint density at radius 1 is 1.46 bits per heavy atom. The fourth-order valence-electron chi connectivity index (χ4n) is 3.17. The van der Waals surface area contributed by atoms with Crippen molar-refractivity contribution >= 4 is 56.2 Å². The third kappa shape index (κ3) is 4.11. The molecular formula is C17H21BrN6OS. The number of piperidine rings is 1. The Bertz CT molecular complexity index is 818. The third-order valence-electron chi connectivity index (χ3n) is 4.45. The van der Waals surface area contributed by atoms with Gasteiger partial charge in [-0.25, -0.2) is 9.97 Å². The predicted molar refractivity (Wildman–Crippen MR) is 111 cm³/mol. The number of hydrogen-bond donors (Lipinski definition) is 5. The molecule has 0 aliphatic carbocycles. The van der Waals surface area contributed by atoms with Gasteiger partial charge in [0.1, 0.15) is 22.6 Å². The summed E-state index contributed by atoms with van der Waals surface area (Å²) in [4.78, 5) is 11.3. The largest absolute Gasteiger partial charge is 0.396 e. The van der Waals surface area contributed by atoms with Crippen molar-refractivity contribution in [2.75, 3.05) is 35.6 Å². The first kappa shape index (κ1) is 18.9. The van der Waals surface area contributed by atoms with E-state index < -0.39 is 0 Å². The number of nitrogens with two attached hydrogens (primary N) is 1. The van der Waals surface area contributed by atoms with Gasteiger partial charge in [0.15, 0.2) is 0 Å². The second-order valence-corrected chi connectivity index (χ2v) is 7.57. The van der Waals surface area contributed by atoms with E-state index in [4.69, 9.17) is 11.1 Å². The van der Waals surface area contributed by atoms with Crippen LogP contribution in [-0.4, -0.2) is 39.4 Å². The lowest BCUT2D eigenvalue weighted by atomic mass is 9.98. The quantitative estimate of drug-likeness (QED) is 0.363. The van der Waals surface area contributed by atoms with Gasteiger partial charge in [0.2, 0.25) is 0 Å². The van der Waals surface area contributed by atoms with Gasteiger partial charge in [-0.05, 0) is 52.9 Å². The van der Waals surface area contributed by atoms with E-state index in [1.165, 1.54) is 6.33 Å². The monoisotopic (exact) mass is 436 g/mol. The average Bonchev–Trinajstić information content (AvgIpc) is 2.61. The van der Waals surface area contributed by atoms with Crippen LogP contribution in [0.2, 0.25) is 0 Å². The zero-order valence-corrected chi connectivity index (χ0v) is 16.6. The van der Waals surface area contributed by atoms with Crippen molar-refractivity contribution in [2.45, 2.75) is 17.7 Å². The van der Waals surface area contributed by atoms with Gasteiger partial charge in [-0.15, -0.1) is 12.6 Å². The van der Waals surface area contributed by atoms with Gasteiger partial charge in [0.25, 0.3) is 0 Å². The van der Waals surface area contributed by atoms with Crippen LogP contribution in [-0.2, 0) is 0 Å². The number of aromatic nitrogens is 2. The van der Waals surface area contributed by atoms with Gasteiger partial charge in [0.05, 0.1) is 16.9 Å². The number of thiol groups is 1. The molecule has 0 bridgehead atoms. The molecule has 138 valence electrons. The summed E-state index contributed by atoms with van der Waals surface area (Å²) in [6.07, 6.45) is 3.43. The molecule has 1 atom stereocenters. The van der Waals surface area contributed by atoms with E-state index in [1.54, 1.807) is 0 Å². The zero-order valence-electron chi connectivity index (χ0n) is 14.1. The Balaban J connectivity index is 1.97. The van der Waals surface area contributed by atoms with E-state index in [9.17, 15) is 5.11 Å². The molecule has 26 heavy (non-hydrogen) atoms. The van der Waals surface area contributed by atoms with Crippen LogP contribution in [0.15, 0.2) is 29.4 Å². The van der Waals surface area contributed by atoms with Crippen molar-refractivity contribution in [1.29, 1.82) is 5.41 Å². The van der Waals surface area contributed by atoms with Crippen molar-refractivity contribution in [1.82, 2.24) is 9.97 Å². The van der Waals surface area contributed by atoms with E-state index in [2.05, 4.69) is 48.7 Å². The minimum absolute atomic E-state index is 0.111. The highest BCUT2D eigenvalue weighted by molar-refractivity contribution is 9.18. The maximum Gasteiger partial charge on any atom is 0.146 e. The molecule has 1 fully saturated rings. The van der Waals surface area contributed by atoms with Crippen LogP contribution in [0.25, 0.3) is 0 Å². The minimum Gasteiger partial charge on any atom is -0.396 e. The van der Waals surface area contributed by atoms with Crippen LogP contribution >= 0.6 is 28.6 Å². The number of aliphatic hydroxyl groups excluding tert-OH is 1. The molecule has 1 aliphatic heterocycles. The van der Waals surface area contributed by atoms with Crippen molar-refractivity contribution in [3.8, 4) is 0 Å². The van der Waals surface area contributed by atoms with Gasteiger partial charge in [-0.3, -0.25) is 5.41 Å². The van der Waals surface area contributed by atoms with E-state index >= 15 is 0 Å². The molecule has 0 amide bonds. The number of nitrogens with one attached hydrogen (secondary N) is 2. The Morgan fingerprint density at radius 3 is 3.00 bits per heavy atom. The molecule has 0 saturated carbocycles. The molecule has 1 unspecified atom stereocenters. The minimum atomic E-state index is 0.111. The summed E-state index contributed by atoms with van der Waals surface area (Å²) in [5, 5.41) is 20.7. The molecule has 0 radical (unpaired) electrons. The highest BCUT2D eigenvalue weighted by Gasteiger charge is 2.22. The molecule has 2 heterocycles. The normalized spacial score (nSPS) is 17.2. The number of rotatable bonds is 5. The number of hydrogen-bond acceptors (Lipinski definition) is 8. The summed E-state index contributed by atoms with van der Waals surface area (Å²) >= 11 is 7.60. The van der Waals surface area contributed by atoms with Crippen LogP contribution in [0.5, 0.6) is 0 Å². The van der Waals surface area contributed by atoms with Crippen LogP contribution in [0.4, 0.5) is 23.0 Å². The van der Waals surface area contributed by atoms with Crippen LogP contribution < -0.4 is 16.0 Å². The molecule has 1 aliphatic rings. The molecule has 0 spiro atoms. The highest BCUT2D eigenvalue weighted by atomic mass is 79.9. The second kappa shape index (κ2) is 8.24. The number of benzene rings is 1. The van der Waals surface area contributed by atoms with E-state index in [0.717, 1.165) is 42.2 Å². The van der Waals surface area contributed by atoms with Crippen molar-refractivity contribution in [2.24, 2.45) is 5.92 Å². The molecule has 7 nitrogen and oxygen atoms in total. The van der Waals surface area contributed by atoms with E-state index in [0.29, 0.717) is 11.4 Å². The van der Waals surface area contributed by atoms with Gasteiger partial charge < -0.3 is 21.1 Å². The lowest BCUT2D eigenvalue weighted by molar-refractivity contribution is 0.209. The fourth-order valence-corrected chi connectivity index (χ4v) is 3.77. The molecule has 2 aromatic rings. The van der Waals surface area contributed by atoms with Gasteiger partial charge in [-0.2, -0.15) is 0 Å². The second-order valence-electron chi connectivity index (χ2n) is 6.26. The van der Waals surface area contributed by atoms with Crippen LogP contribution in [0.3, 0.4) is 0 Å². The predicted octanol–water partition coefficient (Wildman–Crippen LogP) is 3.02. The smallest absolute Gasteiger partial charge is 0.146 e. The Labute approximate surface area is 166 Å². The summed E-state index contributed by atoms with van der Waals surface area (Å²) in [6.45, 7) is 1.91. The lowest BCUT2D eigenvalue weighted by Gasteiger charge is -2.35. The Hall–Kier alpha value is -1.84. The first-order valence-electron chi connectivity index (χ1n) is 8.30. The van der Waals surface area contributed by atoms with Crippen LogP contribution in [0.1, 0.15) is 18.4 Å². The lowest BCUT2D eigenvalue weighted by Crippen LogP contribution is -2.37. The summed E-state index contributed by atoms with van der Waals surface area (Å²) in [6, 6.07) is 5.86. The van der Waals surface area contributed by atoms with Crippen molar-refractivity contribution in [3.63, 3.8) is 0 Å². The first-order valence-corrected chi connectivity index (χ1v) is 9.54. The van der Waals surface area contributed by atoms with Crippen molar-refractivity contribution < 1.29 is 5.11 Å². The number of halogens is 1. The molecule has 3 rings (SSSR count). The number of nitrogens with zero attached hydrogens (tertiary/aromatic N) is 3. The van der Waals surface area contributed by atoms with Gasteiger partial charge >= 0.3 is 0 Å². The fraction of sp³-hybridized carbons (Fsp3) is 0.353. The van der Waals surface area contributed by atoms with E-state index in [-0.39, 0.29) is 23.0 Å². The van der Waals surface area contributed by atoms with E-state index in [1.807, 2.05) is 18.2 Å². The molecule has 5 N–H and O–H groups in total. The topological polar surface area (TPSA) is 111 Å². The summed E-state index contributed by atoms with van der Waals surface area (Å²) in [5.74, 6) is 0.954. The molecule has 9 heteroatoms. The van der Waals surface area contributed by atoms with Crippen molar-refractivity contribution in [3.05, 3.63) is 30.1 Å². The number of nitrogen functional groups attached to an aromatic ring is 1. The average molecular weight is 437 g/mol. The summed E-state index contributed by atoms with van der Waals surface area (Å²) in [5.41, 5.74) is 8.15. The van der Waals surface area contributed by atoms with Gasteiger partial charge in [-0.1, -0.05) is 0 Å². The molecule has 1 aromatic heterocycles. The maximum absolute atomic E-state index is 9.52.